The highest BCUT2D eigenvalue weighted by Gasteiger charge is 2.49. The Hall–Kier alpha value is -2.15. The summed E-state index contributed by atoms with van der Waals surface area (Å²) >= 11 is 0. The molecule has 3 rings (SSSR count). The number of anilines is 1. The summed E-state index contributed by atoms with van der Waals surface area (Å²) in [6.45, 7) is 10.9. The van der Waals surface area contributed by atoms with Gasteiger partial charge in [0.15, 0.2) is 6.10 Å². The molecule has 0 N–H and O–H groups in total. The Balaban J connectivity index is 1.75. The van der Waals surface area contributed by atoms with E-state index in [1.54, 1.807) is 30.9 Å². The van der Waals surface area contributed by atoms with E-state index in [9.17, 15) is 14.0 Å². The van der Waals surface area contributed by atoms with Gasteiger partial charge in [0, 0.05) is 39.5 Å². The molecule has 2 aliphatic heterocycles. The number of piperazine rings is 1. The van der Waals surface area contributed by atoms with E-state index in [4.69, 9.17) is 9.47 Å². The Morgan fingerprint density at radius 1 is 1.28 bits per heavy atom. The Kier molecular flexibility index (Phi) is 6.17. The first kappa shape index (κ1) is 21.6. The van der Waals surface area contributed by atoms with E-state index in [0.29, 0.717) is 31.7 Å². The lowest BCUT2D eigenvalue weighted by molar-refractivity contribution is -0.163. The van der Waals surface area contributed by atoms with Crippen molar-refractivity contribution < 1.29 is 23.5 Å². The van der Waals surface area contributed by atoms with Crippen LogP contribution in [0.2, 0.25) is 0 Å². The van der Waals surface area contributed by atoms with E-state index in [1.807, 2.05) is 31.7 Å². The van der Waals surface area contributed by atoms with Crippen LogP contribution in [0.15, 0.2) is 24.3 Å². The van der Waals surface area contributed by atoms with Crippen LogP contribution < -0.4 is 4.90 Å². The monoisotopic (exact) mass is 406 g/mol. The zero-order valence-corrected chi connectivity index (χ0v) is 17.9. The molecular formula is C22H31FN2O4. The number of carbonyl (C=O) groups excluding carboxylic acids is 2. The van der Waals surface area contributed by atoms with Crippen molar-refractivity contribution in [1.29, 1.82) is 0 Å². The number of cyclic esters (lactones) is 1. The Labute approximate surface area is 171 Å². The second-order valence-electron chi connectivity index (χ2n) is 8.87. The fourth-order valence-electron chi connectivity index (χ4n) is 4.21. The molecule has 0 saturated carbocycles. The van der Waals surface area contributed by atoms with E-state index < -0.39 is 23.8 Å². The first-order valence-corrected chi connectivity index (χ1v) is 10.3. The van der Waals surface area contributed by atoms with Crippen LogP contribution in [-0.2, 0) is 19.1 Å². The summed E-state index contributed by atoms with van der Waals surface area (Å²) in [7, 11) is 0. The lowest BCUT2D eigenvalue weighted by Gasteiger charge is -2.42. The molecule has 0 spiro atoms. The minimum atomic E-state index is -1.02. The molecular weight excluding hydrogens is 375 g/mol. The number of nitrogens with zero attached hydrogens (tertiary/aromatic N) is 2. The molecule has 7 heteroatoms. The number of esters is 1. The molecule has 0 unspecified atom stereocenters. The number of benzene rings is 1. The Morgan fingerprint density at radius 3 is 2.52 bits per heavy atom. The van der Waals surface area contributed by atoms with Crippen LogP contribution in [0.1, 0.15) is 41.0 Å². The number of hydrogen-bond donors (Lipinski definition) is 0. The lowest BCUT2D eigenvalue weighted by atomic mass is 9.90. The number of hydrogen-bond acceptors (Lipinski definition) is 5. The second-order valence-corrected chi connectivity index (χ2v) is 8.87. The van der Waals surface area contributed by atoms with Crippen LogP contribution in [0.25, 0.3) is 0 Å². The molecule has 1 amide bonds. The summed E-state index contributed by atoms with van der Waals surface area (Å²) in [5.41, 5.74) is 0.551. The molecule has 0 aromatic heterocycles. The maximum atomic E-state index is 14.2. The van der Waals surface area contributed by atoms with Crippen molar-refractivity contribution in [2.75, 3.05) is 24.5 Å². The maximum absolute atomic E-state index is 14.2. The third-order valence-corrected chi connectivity index (χ3v) is 5.50. The van der Waals surface area contributed by atoms with E-state index >= 15 is 0 Å². The molecule has 160 valence electrons. The van der Waals surface area contributed by atoms with Gasteiger partial charge in [-0.25, -0.2) is 9.18 Å². The number of para-hydroxylation sites is 1. The Bertz CT molecular complexity index is 767. The van der Waals surface area contributed by atoms with Gasteiger partial charge in [0.25, 0.3) is 0 Å². The fourth-order valence-corrected chi connectivity index (χ4v) is 4.21. The van der Waals surface area contributed by atoms with Crippen molar-refractivity contribution in [2.24, 2.45) is 11.8 Å². The molecule has 2 heterocycles. The predicted molar refractivity (Wildman–Crippen MR) is 108 cm³/mol. The van der Waals surface area contributed by atoms with Crippen LogP contribution in [0, 0.1) is 17.7 Å². The van der Waals surface area contributed by atoms with Crippen LogP contribution in [0.5, 0.6) is 0 Å². The Morgan fingerprint density at radius 2 is 1.97 bits per heavy atom. The molecule has 1 aromatic rings. The van der Waals surface area contributed by atoms with Gasteiger partial charge in [-0.2, -0.15) is 0 Å². The summed E-state index contributed by atoms with van der Waals surface area (Å²) < 4.78 is 25.3. The molecule has 6 nitrogen and oxygen atoms in total. The van der Waals surface area contributed by atoms with Gasteiger partial charge in [-0.1, -0.05) is 26.0 Å². The van der Waals surface area contributed by atoms with E-state index in [-0.39, 0.29) is 23.7 Å². The lowest BCUT2D eigenvalue weighted by Crippen LogP contribution is -2.57. The van der Waals surface area contributed by atoms with Crippen molar-refractivity contribution in [1.82, 2.24) is 4.90 Å². The summed E-state index contributed by atoms with van der Waals surface area (Å²) in [6, 6.07) is 6.56. The maximum Gasteiger partial charge on any atom is 0.338 e. The molecule has 2 saturated heterocycles. The van der Waals surface area contributed by atoms with Gasteiger partial charge in [-0.15, -0.1) is 0 Å². The SMILES string of the molecule is CC(C)C[C@H](C(=O)N1CCN(c2ccccc2F)C[C@@H]1C)[C@@H]1OC(C)(C)OC1=O. The third kappa shape index (κ3) is 4.71. The predicted octanol–water partition coefficient (Wildman–Crippen LogP) is 3.20. The summed E-state index contributed by atoms with van der Waals surface area (Å²) in [4.78, 5) is 29.6. The minimum absolute atomic E-state index is 0.0981. The van der Waals surface area contributed by atoms with Crippen molar-refractivity contribution in [2.45, 2.75) is 59.0 Å². The van der Waals surface area contributed by atoms with Crippen molar-refractivity contribution in [3.8, 4) is 0 Å². The number of halogens is 1. The standard InChI is InChI=1S/C22H31FN2O4/c1-14(2)12-16(19-21(27)29-22(4,5)28-19)20(26)25-11-10-24(13-15(25)3)18-9-7-6-8-17(18)23/h6-9,14-16,19H,10-13H2,1-5H3/t15-,16-,19-/m0/s1. The summed E-state index contributed by atoms with van der Waals surface area (Å²) in [5, 5.41) is 0. The van der Waals surface area contributed by atoms with E-state index in [0.717, 1.165) is 0 Å². The first-order valence-electron chi connectivity index (χ1n) is 10.3. The highest BCUT2D eigenvalue weighted by Crippen LogP contribution is 2.33. The summed E-state index contributed by atoms with van der Waals surface area (Å²) in [5.74, 6) is -2.23. The minimum Gasteiger partial charge on any atom is -0.432 e. The normalized spacial score (nSPS) is 25.3. The molecule has 1 aromatic carbocycles. The fraction of sp³-hybridized carbons (Fsp3) is 0.636. The van der Waals surface area contributed by atoms with Crippen LogP contribution in [0.4, 0.5) is 10.1 Å². The molecule has 29 heavy (non-hydrogen) atoms. The van der Waals surface area contributed by atoms with Crippen LogP contribution in [0.3, 0.4) is 0 Å². The molecule has 3 atom stereocenters. The van der Waals surface area contributed by atoms with Gasteiger partial charge in [0.2, 0.25) is 11.7 Å². The smallest absolute Gasteiger partial charge is 0.338 e. The second kappa shape index (κ2) is 8.30. The van der Waals surface area contributed by atoms with Gasteiger partial charge in [-0.05, 0) is 31.4 Å². The van der Waals surface area contributed by atoms with Gasteiger partial charge >= 0.3 is 5.97 Å². The highest BCUT2D eigenvalue weighted by atomic mass is 19.1. The first-order chi connectivity index (χ1) is 13.6. The molecule has 0 bridgehead atoms. The topological polar surface area (TPSA) is 59.1 Å². The average Bonchev–Trinajstić information content (AvgIpc) is 2.91. The zero-order chi connectivity index (χ0) is 21.3. The van der Waals surface area contributed by atoms with Crippen molar-refractivity contribution >= 4 is 17.6 Å². The quantitative estimate of drug-likeness (QED) is 0.703. The number of ether oxygens (including phenoxy) is 2. The zero-order valence-electron chi connectivity index (χ0n) is 17.9. The molecule has 2 fully saturated rings. The number of amides is 1. The van der Waals surface area contributed by atoms with Gasteiger partial charge < -0.3 is 19.3 Å². The van der Waals surface area contributed by atoms with E-state index in [2.05, 4.69) is 0 Å². The van der Waals surface area contributed by atoms with Crippen molar-refractivity contribution in [3.63, 3.8) is 0 Å². The largest absolute Gasteiger partial charge is 0.432 e. The highest BCUT2D eigenvalue weighted by molar-refractivity contribution is 5.88. The van der Waals surface area contributed by atoms with Crippen LogP contribution in [-0.4, -0.2) is 54.3 Å². The van der Waals surface area contributed by atoms with Gasteiger partial charge in [-0.3, -0.25) is 4.79 Å². The van der Waals surface area contributed by atoms with E-state index in [1.165, 1.54) is 6.07 Å². The third-order valence-electron chi connectivity index (χ3n) is 5.50. The van der Waals surface area contributed by atoms with Crippen LogP contribution >= 0.6 is 0 Å². The van der Waals surface area contributed by atoms with Gasteiger partial charge in [0.1, 0.15) is 5.82 Å². The number of rotatable bonds is 5. The van der Waals surface area contributed by atoms with Crippen molar-refractivity contribution in [3.05, 3.63) is 30.1 Å². The number of carbonyl (C=O) groups is 2. The van der Waals surface area contributed by atoms with Gasteiger partial charge in [0.05, 0.1) is 11.6 Å². The average molecular weight is 406 g/mol. The molecule has 0 radical (unpaired) electrons. The molecule has 0 aliphatic carbocycles. The molecule has 2 aliphatic rings. The summed E-state index contributed by atoms with van der Waals surface area (Å²) in [6.07, 6.45) is -0.355.